The number of rotatable bonds is 4. The zero-order valence-corrected chi connectivity index (χ0v) is 14.0. The van der Waals surface area contributed by atoms with E-state index in [9.17, 15) is 14.7 Å². The fraction of sp³-hybridized carbons (Fsp3) is 0.889. The van der Waals surface area contributed by atoms with E-state index in [4.69, 9.17) is 0 Å². The second-order valence-electron chi connectivity index (χ2n) is 8.78. The van der Waals surface area contributed by atoms with Crippen LogP contribution in [-0.2, 0) is 9.59 Å². The first-order chi connectivity index (χ1) is 10.9. The van der Waals surface area contributed by atoms with Gasteiger partial charge in [0.15, 0.2) is 0 Å². The number of aliphatic hydroxyl groups excluding tert-OH is 1. The minimum atomic E-state index is -0.705. The highest BCUT2D eigenvalue weighted by Gasteiger charge is 2.53. The summed E-state index contributed by atoms with van der Waals surface area (Å²) in [6, 6.07) is -0.239. The molecule has 5 fully saturated rings. The van der Waals surface area contributed by atoms with Crippen LogP contribution < -0.4 is 10.6 Å². The summed E-state index contributed by atoms with van der Waals surface area (Å²) < 4.78 is 0. The van der Waals surface area contributed by atoms with Gasteiger partial charge in [-0.1, -0.05) is 6.92 Å². The van der Waals surface area contributed by atoms with E-state index >= 15 is 0 Å². The predicted molar refractivity (Wildman–Crippen MR) is 85.3 cm³/mol. The van der Waals surface area contributed by atoms with Gasteiger partial charge in [-0.15, -0.1) is 0 Å². The number of hydrogen-bond acceptors (Lipinski definition) is 3. The van der Waals surface area contributed by atoms with E-state index in [1.165, 1.54) is 19.3 Å². The molecule has 0 radical (unpaired) electrons. The molecule has 1 heterocycles. The lowest BCUT2D eigenvalue weighted by atomic mass is 9.53. The van der Waals surface area contributed by atoms with Crippen molar-refractivity contribution in [1.82, 2.24) is 10.6 Å². The van der Waals surface area contributed by atoms with Gasteiger partial charge in [-0.3, -0.25) is 9.59 Å². The molecule has 4 bridgehead atoms. The van der Waals surface area contributed by atoms with E-state index in [0.717, 1.165) is 37.0 Å². The third kappa shape index (κ3) is 2.48. The van der Waals surface area contributed by atoms with Gasteiger partial charge in [-0.25, -0.2) is 0 Å². The van der Waals surface area contributed by atoms with Crippen molar-refractivity contribution in [3.8, 4) is 0 Å². The number of amides is 2. The van der Waals surface area contributed by atoms with Crippen molar-refractivity contribution in [1.29, 1.82) is 0 Å². The summed E-state index contributed by atoms with van der Waals surface area (Å²) in [6.45, 7) is 3.50. The van der Waals surface area contributed by atoms with E-state index in [0.29, 0.717) is 0 Å². The highest BCUT2D eigenvalue weighted by molar-refractivity contribution is 5.90. The average molecular weight is 320 g/mol. The summed E-state index contributed by atoms with van der Waals surface area (Å²) in [4.78, 5) is 24.4. The van der Waals surface area contributed by atoms with Crippen LogP contribution in [0.2, 0.25) is 0 Å². The van der Waals surface area contributed by atoms with Crippen molar-refractivity contribution in [3.63, 3.8) is 0 Å². The van der Waals surface area contributed by atoms with Gasteiger partial charge >= 0.3 is 0 Å². The van der Waals surface area contributed by atoms with Crippen molar-refractivity contribution in [2.45, 2.75) is 70.1 Å². The van der Waals surface area contributed by atoms with Crippen LogP contribution in [0.1, 0.15) is 52.4 Å². The maximum atomic E-state index is 12.8. The molecule has 4 saturated carbocycles. The van der Waals surface area contributed by atoms with Crippen molar-refractivity contribution in [3.05, 3.63) is 0 Å². The summed E-state index contributed by atoms with van der Waals surface area (Å²) >= 11 is 0. The average Bonchev–Trinajstić information content (AvgIpc) is 2.41. The molecule has 1 aliphatic heterocycles. The van der Waals surface area contributed by atoms with E-state index in [-0.39, 0.29) is 29.3 Å². The van der Waals surface area contributed by atoms with Crippen LogP contribution in [0.3, 0.4) is 0 Å². The molecule has 5 aliphatic rings. The Labute approximate surface area is 137 Å². The first kappa shape index (κ1) is 15.4. The second kappa shape index (κ2) is 5.20. The lowest BCUT2D eigenvalue weighted by Gasteiger charge is -2.57. The summed E-state index contributed by atoms with van der Waals surface area (Å²) in [5.41, 5.74) is 0.00811. The zero-order valence-electron chi connectivity index (χ0n) is 14.0. The SMILES string of the molecule is C[C@@H](O)C1C(=O)N[C@@H]1[C@@H](C)C(=O)NC12CC3CC(CC(C3)C1)C2. The Kier molecular flexibility index (Phi) is 3.49. The lowest BCUT2D eigenvalue weighted by molar-refractivity contribution is -0.146. The molecule has 0 aromatic heterocycles. The van der Waals surface area contributed by atoms with E-state index in [1.807, 2.05) is 6.92 Å². The number of hydrogen-bond donors (Lipinski definition) is 3. The molecule has 0 aromatic carbocycles. The first-order valence-electron chi connectivity index (χ1n) is 9.17. The molecule has 5 rings (SSSR count). The largest absolute Gasteiger partial charge is 0.393 e. The molecule has 5 nitrogen and oxygen atoms in total. The van der Waals surface area contributed by atoms with Crippen LogP contribution in [0.15, 0.2) is 0 Å². The van der Waals surface area contributed by atoms with Crippen LogP contribution in [0.5, 0.6) is 0 Å². The number of aliphatic hydroxyl groups is 1. The first-order valence-corrected chi connectivity index (χ1v) is 9.17. The van der Waals surface area contributed by atoms with Crippen LogP contribution in [0, 0.1) is 29.6 Å². The van der Waals surface area contributed by atoms with Crippen LogP contribution in [0.4, 0.5) is 0 Å². The second-order valence-corrected chi connectivity index (χ2v) is 8.78. The van der Waals surface area contributed by atoms with Gasteiger partial charge in [0.25, 0.3) is 0 Å². The maximum Gasteiger partial charge on any atom is 0.228 e. The van der Waals surface area contributed by atoms with Crippen LogP contribution >= 0.6 is 0 Å². The van der Waals surface area contributed by atoms with Crippen molar-refractivity contribution in [2.75, 3.05) is 0 Å². The molecule has 0 spiro atoms. The number of carbonyl (C=O) groups excluding carboxylic acids is 2. The van der Waals surface area contributed by atoms with Crippen LogP contribution in [-0.4, -0.2) is 34.6 Å². The van der Waals surface area contributed by atoms with Crippen molar-refractivity contribution < 1.29 is 14.7 Å². The van der Waals surface area contributed by atoms with Gasteiger partial charge < -0.3 is 15.7 Å². The summed E-state index contributed by atoms with van der Waals surface area (Å²) in [5, 5.41) is 15.9. The molecule has 5 heteroatoms. The quantitative estimate of drug-likeness (QED) is 0.681. The van der Waals surface area contributed by atoms with Gasteiger partial charge in [0.1, 0.15) is 0 Å². The predicted octanol–water partition coefficient (Wildman–Crippen LogP) is 1.20. The molecule has 23 heavy (non-hydrogen) atoms. The van der Waals surface area contributed by atoms with Crippen LogP contribution in [0.25, 0.3) is 0 Å². The Morgan fingerprint density at radius 3 is 2.13 bits per heavy atom. The van der Waals surface area contributed by atoms with E-state index < -0.39 is 12.0 Å². The Balaban J connectivity index is 1.43. The Bertz CT molecular complexity index is 495. The molecule has 3 N–H and O–H groups in total. The van der Waals surface area contributed by atoms with Gasteiger partial charge in [0, 0.05) is 5.54 Å². The standard InChI is InChI=1S/C18H28N2O3/c1-9(15-14(10(2)21)17(23)19-15)16(22)20-18-6-11-3-12(7-18)5-13(4-11)8-18/h9-15,21H,3-8H2,1-2H3,(H,19,23)(H,20,22)/t9-,10-,11?,12?,13?,14?,15-,18?/m1/s1. The normalized spacial score (nSPS) is 46.7. The van der Waals surface area contributed by atoms with E-state index in [2.05, 4.69) is 10.6 Å². The molecular formula is C18H28N2O3. The summed E-state index contributed by atoms with van der Waals surface area (Å²) in [7, 11) is 0. The van der Waals surface area contributed by atoms with E-state index in [1.54, 1.807) is 6.92 Å². The lowest BCUT2D eigenvalue weighted by Crippen LogP contribution is -2.68. The smallest absolute Gasteiger partial charge is 0.228 e. The molecule has 1 unspecified atom stereocenters. The van der Waals surface area contributed by atoms with Gasteiger partial charge in [-0.05, 0) is 63.2 Å². The molecule has 4 atom stereocenters. The molecule has 0 aromatic rings. The summed E-state index contributed by atoms with van der Waals surface area (Å²) in [5.74, 6) is 1.55. The topological polar surface area (TPSA) is 78.4 Å². The molecule has 2 amide bonds. The van der Waals surface area contributed by atoms with Gasteiger partial charge in [0.2, 0.25) is 11.8 Å². The fourth-order valence-electron chi connectivity index (χ4n) is 6.17. The number of nitrogens with one attached hydrogen (secondary N) is 2. The Morgan fingerprint density at radius 2 is 1.70 bits per heavy atom. The molecule has 4 aliphatic carbocycles. The molecule has 1 saturated heterocycles. The third-order valence-corrected chi connectivity index (χ3v) is 6.90. The zero-order chi connectivity index (χ0) is 16.4. The third-order valence-electron chi connectivity index (χ3n) is 6.90. The molecule has 128 valence electrons. The monoisotopic (exact) mass is 320 g/mol. The highest BCUT2D eigenvalue weighted by Crippen LogP contribution is 2.55. The van der Waals surface area contributed by atoms with Crippen molar-refractivity contribution in [2.24, 2.45) is 29.6 Å². The number of β-lactam (4-membered cyclic amide) rings is 1. The van der Waals surface area contributed by atoms with Gasteiger partial charge in [0.05, 0.1) is 24.0 Å². The minimum Gasteiger partial charge on any atom is -0.393 e. The highest BCUT2D eigenvalue weighted by atomic mass is 16.3. The minimum absolute atomic E-state index is 0.00811. The Hall–Kier alpha value is -1.10. The maximum absolute atomic E-state index is 12.8. The van der Waals surface area contributed by atoms with Crippen molar-refractivity contribution >= 4 is 11.8 Å². The Morgan fingerprint density at radius 1 is 1.17 bits per heavy atom. The summed E-state index contributed by atoms with van der Waals surface area (Å²) in [6.07, 6.45) is 6.76. The fourth-order valence-corrected chi connectivity index (χ4v) is 6.17. The van der Waals surface area contributed by atoms with Gasteiger partial charge in [-0.2, -0.15) is 0 Å². The number of carbonyl (C=O) groups is 2. The molecular weight excluding hydrogens is 292 g/mol.